The number of hydrogen-bond donors (Lipinski definition) is 1. The molecule has 0 radical (unpaired) electrons. The van der Waals surface area contributed by atoms with Crippen LogP contribution in [-0.4, -0.2) is 25.8 Å². The van der Waals surface area contributed by atoms with Crippen LogP contribution in [0.5, 0.6) is 0 Å². The van der Waals surface area contributed by atoms with Gasteiger partial charge >= 0.3 is 0 Å². The van der Waals surface area contributed by atoms with Crippen molar-refractivity contribution < 1.29 is 4.79 Å². The number of fused-ring (bicyclic) bond motifs is 2. The summed E-state index contributed by atoms with van der Waals surface area (Å²) in [6.45, 7) is 5.79. The number of aryl methyl sites for hydroxylation is 1. The van der Waals surface area contributed by atoms with Crippen molar-refractivity contribution in [3.8, 4) is 11.1 Å². The molecule has 1 aliphatic heterocycles. The molecule has 6 heteroatoms. The number of anilines is 2. The van der Waals surface area contributed by atoms with E-state index in [-0.39, 0.29) is 5.91 Å². The standard InChI is InChI=1S/C22H19N5O/c1-13-25-9-15(10-26-13)14-4-5-17-19(8-14)27(21(28)22(17,2)3)20-12-23-11-18-16(20)6-7-24-18/h4-12,24H,1-3H3. The monoisotopic (exact) mass is 369 g/mol. The number of H-pyrrole nitrogens is 1. The molecule has 5 rings (SSSR count). The molecule has 4 aromatic rings. The molecule has 0 atom stereocenters. The molecule has 3 aromatic heterocycles. The van der Waals surface area contributed by atoms with Gasteiger partial charge in [-0.25, -0.2) is 9.97 Å². The minimum Gasteiger partial charge on any atom is -0.360 e. The van der Waals surface area contributed by atoms with E-state index in [0.717, 1.165) is 44.8 Å². The first kappa shape index (κ1) is 16.6. The molecule has 0 saturated heterocycles. The summed E-state index contributed by atoms with van der Waals surface area (Å²) in [5.74, 6) is 0.767. The van der Waals surface area contributed by atoms with Gasteiger partial charge in [0.05, 0.1) is 34.7 Å². The van der Waals surface area contributed by atoms with Crippen molar-refractivity contribution in [1.29, 1.82) is 0 Å². The van der Waals surface area contributed by atoms with Gasteiger partial charge in [-0.3, -0.25) is 14.7 Å². The van der Waals surface area contributed by atoms with Gasteiger partial charge < -0.3 is 4.98 Å². The minimum absolute atomic E-state index is 0.0373. The third-order valence-corrected chi connectivity index (χ3v) is 5.46. The Morgan fingerprint density at radius 2 is 1.75 bits per heavy atom. The molecule has 1 aromatic carbocycles. The summed E-state index contributed by atoms with van der Waals surface area (Å²) >= 11 is 0. The third kappa shape index (κ3) is 2.27. The number of nitrogens with zero attached hydrogens (tertiary/aromatic N) is 4. The third-order valence-electron chi connectivity index (χ3n) is 5.46. The van der Waals surface area contributed by atoms with E-state index >= 15 is 0 Å². The number of nitrogens with one attached hydrogen (secondary N) is 1. The molecule has 0 bridgehead atoms. The number of rotatable bonds is 2. The van der Waals surface area contributed by atoms with Crippen LogP contribution in [0, 0.1) is 6.92 Å². The summed E-state index contributed by atoms with van der Waals surface area (Å²) in [6.07, 6.45) is 9.00. The van der Waals surface area contributed by atoms with Crippen LogP contribution in [0.1, 0.15) is 25.2 Å². The molecule has 0 spiro atoms. The second-order valence-electron chi connectivity index (χ2n) is 7.61. The van der Waals surface area contributed by atoms with Crippen LogP contribution >= 0.6 is 0 Å². The Hall–Kier alpha value is -3.54. The van der Waals surface area contributed by atoms with Crippen LogP contribution in [-0.2, 0) is 10.2 Å². The highest BCUT2D eigenvalue weighted by Crippen LogP contribution is 2.47. The van der Waals surface area contributed by atoms with Crippen molar-refractivity contribution in [2.45, 2.75) is 26.2 Å². The van der Waals surface area contributed by atoms with Gasteiger partial charge in [-0.2, -0.15) is 0 Å². The number of carbonyl (C=O) groups excluding carboxylic acids is 1. The van der Waals surface area contributed by atoms with Gasteiger partial charge in [-0.15, -0.1) is 0 Å². The van der Waals surface area contributed by atoms with Crippen molar-refractivity contribution in [3.63, 3.8) is 0 Å². The average Bonchev–Trinajstić information content (AvgIpc) is 3.24. The van der Waals surface area contributed by atoms with Crippen LogP contribution in [0.2, 0.25) is 0 Å². The fourth-order valence-electron chi connectivity index (χ4n) is 3.85. The lowest BCUT2D eigenvalue weighted by Gasteiger charge is -2.21. The predicted octanol–water partition coefficient (Wildman–Crippen LogP) is 4.28. The van der Waals surface area contributed by atoms with Crippen molar-refractivity contribution in [2.75, 3.05) is 4.90 Å². The van der Waals surface area contributed by atoms with Gasteiger partial charge in [0.2, 0.25) is 5.91 Å². The SMILES string of the molecule is Cc1ncc(-c2ccc3c(c2)N(c2cncc4[nH]ccc24)C(=O)C3(C)C)cn1. The molecular formula is C22H19N5O. The van der Waals surface area contributed by atoms with Gasteiger partial charge in [0.1, 0.15) is 5.82 Å². The lowest BCUT2D eigenvalue weighted by Crippen LogP contribution is -2.33. The second-order valence-corrected chi connectivity index (χ2v) is 7.61. The van der Waals surface area contributed by atoms with E-state index in [4.69, 9.17) is 0 Å². The van der Waals surface area contributed by atoms with Gasteiger partial charge in [0.15, 0.2) is 0 Å². The molecule has 4 heterocycles. The zero-order valence-corrected chi connectivity index (χ0v) is 15.9. The lowest BCUT2D eigenvalue weighted by atomic mass is 9.85. The van der Waals surface area contributed by atoms with Crippen LogP contribution in [0.3, 0.4) is 0 Å². The Morgan fingerprint density at radius 1 is 0.964 bits per heavy atom. The lowest BCUT2D eigenvalue weighted by molar-refractivity contribution is -0.121. The van der Waals surface area contributed by atoms with Crippen molar-refractivity contribution >= 4 is 28.2 Å². The number of amides is 1. The number of carbonyl (C=O) groups is 1. The van der Waals surface area contributed by atoms with Crippen molar-refractivity contribution in [2.24, 2.45) is 0 Å². The molecule has 0 unspecified atom stereocenters. The Kier molecular flexibility index (Phi) is 3.40. The molecule has 1 amide bonds. The average molecular weight is 369 g/mol. The topological polar surface area (TPSA) is 74.8 Å². The van der Waals surface area contributed by atoms with E-state index in [1.54, 1.807) is 17.3 Å². The van der Waals surface area contributed by atoms with Gasteiger partial charge in [-0.1, -0.05) is 12.1 Å². The van der Waals surface area contributed by atoms with Gasteiger partial charge in [0.25, 0.3) is 0 Å². The summed E-state index contributed by atoms with van der Waals surface area (Å²) in [5.41, 5.74) is 4.85. The van der Waals surface area contributed by atoms with E-state index in [2.05, 4.69) is 19.9 Å². The normalized spacial score (nSPS) is 15.2. The highest BCUT2D eigenvalue weighted by atomic mass is 16.2. The maximum Gasteiger partial charge on any atom is 0.241 e. The maximum atomic E-state index is 13.4. The number of hydrogen-bond acceptors (Lipinski definition) is 4. The number of aromatic nitrogens is 4. The molecule has 0 aliphatic carbocycles. The first-order chi connectivity index (χ1) is 13.5. The van der Waals surface area contributed by atoms with Crippen molar-refractivity contribution in [1.82, 2.24) is 19.9 Å². The smallest absolute Gasteiger partial charge is 0.241 e. The molecule has 6 nitrogen and oxygen atoms in total. The second kappa shape index (κ2) is 5.73. The fraction of sp³-hybridized carbons (Fsp3) is 0.182. The first-order valence-electron chi connectivity index (χ1n) is 9.16. The minimum atomic E-state index is -0.615. The highest BCUT2D eigenvalue weighted by molar-refractivity contribution is 6.16. The molecule has 1 aliphatic rings. The van der Waals surface area contributed by atoms with E-state index in [1.807, 2.05) is 63.6 Å². The van der Waals surface area contributed by atoms with E-state index in [0.29, 0.717) is 0 Å². The van der Waals surface area contributed by atoms with E-state index < -0.39 is 5.41 Å². The van der Waals surface area contributed by atoms with E-state index in [1.165, 1.54) is 0 Å². The van der Waals surface area contributed by atoms with Crippen LogP contribution in [0.4, 0.5) is 11.4 Å². The molecule has 0 saturated carbocycles. The van der Waals surface area contributed by atoms with Gasteiger partial charge in [-0.05, 0) is 44.0 Å². The van der Waals surface area contributed by atoms with E-state index in [9.17, 15) is 4.79 Å². The van der Waals surface area contributed by atoms with Crippen molar-refractivity contribution in [3.05, 3.63) is 66.6 Å². The maximum absolute atomic E-state index is 13.4. The summed E-state index contributed by atoms with van der Waals surface area (Å²) in [6, 6.07) is 8.08. The number of aromatic amines is 1. The Bertz CT molecular complexity index is 1220. The molecule has 0 fully saturated rings. The Morgan fingerprint density at radius 3 is 2.54 bits per heavy atom. The fourth-order valence-corrected chi connectivity index (χ4v) is 3.85. The summed E-state index contributed by atoms with van der Waals surface area (Å²) in [5, 5.41) is 0.969. The molecule has 138 valence electrons. The predicted molar refractivity (Wildman–Crippen MR) is 108 cm³/mol. The molecule has 28 heavy (non-hydrogen) atoms. The summed E-state index contributed by atoms with van der Waals surface area (Å²) in [7, 11) is 0. The Labute approximate surface area is 162 Å². The summed E-state index contributed by atoms with van der Waals surface area (Å²) in [4.78, 5) is 31.3. The first-order valence-corrected chi connectivity index (χ1v) is 9.16. The number of benzene rings is 1. The van der Waals surface area contributed by atoms with Crippen LogP contribution in [0.25, 0.3) is 22.0 Å². The quantitative estimate of drug-likeness (QED) is 0.572. The zero-order valence-electron chi connectivity index (χ0n) is 15.9. The molecular weight excluding hydrogens is 350 g/mol. The largest absolute Gasteiger partial charge is 0.360 e. The highest BCUT2D eigenvalue weighted by Gasteiger charge is 2.45. The Balaban J connectivity index is 1.73. The van der Waals surface area contributed by atoms with Crippen LogP contribution in [0.15, 0.2) is 55.2 Å². The zero-order chi connectivity index (χ0) is 19.5. The van der Waals surface area contributed by atoms with Crippen LogP contribution < -0.4 is 4.90 Å². The molecule has 1 N–H and O–H groups in total. The summed E-state index contributed by atoms with van der Waals surface area (Å²) < 4.78 is 0. The van der Waals surface area contributed by atoms with Gasteiger partial charge in [0, 0.05) is 29.5 Å². The number of pyridine rings is 1.